The van der Waals surface area contributed by atoms with E-state index < -0.39 is 11.8 Å². The van der Waals surface area contributed by atoms with Crippen LogP contribution in [0.3, 0.4) is 0 Å². The number of hydrogen-bond acceptors (Lipinski definition) is 6. The third-order valence-electron chi connectivity index (χ3n) is 2.16. The fourth-order valence-corrected chi connectivity index (χ4v) is 1.47. The van der Waals surface area contributed by atoms with Crippen molar-refractivity contribution in [3.8, 4) is 17.2 Å². The maximum atomic E-state index is 11.7. The van der Waals surface area contributed by atoms with Gasteiger partial charge < -0.3 is 19.3 Å². The number of esters is 1. The normalized spacial score (nSPS) is 12.3. The molecule has 0 atom stereocenters. The van der Waals surface area contributed by atoms with Crippen molar-refractivity contribution in [3.05, 3.63) is 17.7 Å². The third-order valence-corrected chi connectivity index (χ3v) is 2.16. The van der Waals surface area contributed by atoms with Gasteiger partial charge in [-0.05, 0) is 13.0 Å². The van der Waals surface area contributed by atoms with Gasteiger partial charge in [0.25, 0.3) is 5.78 Å². The summed E-state index contributed by atoms with van der Waals surface area (Å²) in [5.74, 6) is -1.65. The van der Waals surface area contributed by atoms with Gasteiger partial charge in [0.1, 0.15) is 5.75 Å². The first-order valence-electron chi connectivity index (χ1n) is 4.97. The number of carbonyl (C=O) groups excluding carboxylic acids is 2. The topological polar surface area (TPSA) is 82.1 Å². The van der Waals surface area contributed by atoms with Crippen molar-refractivity contribution < 1.29 is 28.9 Å². The van der Waals surface area contributed by atoms with Crippen LogP contribution >= 0.6 is 0 Å². The van der Waals surface area contributed by atoms with Gasteiger partial charge in [0.05, 0.1) is 12.2 Å². The zero-order valence-electron chi connectivity index (χ0n) is 9.06. The molecular weight excluding hydrogens is 228 g/mol. The van der Waals surface area contributed by atoms with Crippen molar-refractivity contribution in [2.24, 2.45) is 0 Å². The molecule has 0 bridgehead atoms. The number of ketones is 1. The molecule has 1 aromatic carbocycles. The number of benzene rings is 1. The van der Waals surface area contributed by atoms with Crippen LogP contribution in [0.15, 0.2) is 12.1 Å². The lowest BCUT2D eigenvalue weighted by Crippen LogP contribution is -2.18. The van der Waals surface area contributed by atoms with Crippen molar-refractivity contribution in [1.29, 1.82) is 0 Å². The van der Waals surface area contributed by atoms with Crippen LogP contribution in [0.4, 0.5) is 0 Å². The Hall–Kier alpha value is -2.24. The number of aromatic hydroxyl groups is 1. The summed E-state index contributed by atoms with van der Waals surface area (Å²) >= 11 is 0. The Morgan fingerprint density at radius 1 is 1.41 bits per heavy atom. The highest BCUT2D eigenvalue weighted by Gasteiger charge is 2.28. The molecule has 6 nitrogen and oxygen atoms in total. The lowest BCUT2D eigenvalue weighted by Gasteiger charge is -2.05. The third kappa shape index (κ3) is 2.01. The summed E-state index contributed by atoms with van der Waals surface area (Å²) in [7, 11) is 0. The minimum atomic E-state index is -0.990. The van der Waals surface area contributed by atoms with E-state index in [0.717, 1.165) is 6.07 Å². The molecule has 1 N–H and O–H groups in total. The first-order chi connectivity index (χ1) is 8.13. The van der Waals surface area contributed by atoms with Gasteiger partial charge in [0, 0.05) is 6.07 Å². The Kier molecular flexibility index (Phi) is 2.86. The number of phenolic OH excluding ortho intramolecular Hbond substituents is 1. The van der Waals surface area contributed by atoms with Crippen LogP contribution in [-0.2, 0) is 9.53 Å². The summed E-state index contributed by atoms with van der Waals surface area (Å²) in [4.78, 5) is 23.0. The Balaban J connectivity index is 2.39. The molecule has 17 heavy (non-hydrogen) atoms. The second kappa shape index (κ2) is 4.32. The molecule has 0 unspecified atom stereocenters. The highest BCUT2D eigenvalue weighted by molar-refractivity contribution is 6.41. The molecular formula is C11H10O6. The van der Waals surface area contributed by atoms with E-state index in [1.54, 1.807) is 6.92 Å². The standard InChI is InChI=1S/C11H10O6/c1-2-15-11(14)9(13)7-3-6(12)4-8-10(7)17-5-16-8/h3-4,12H,2,5H2,1H3. The molecule has 0 amide bonds. The largest absolute Gasteiger partial charge is 0.508 e. The fraction of sp³-hybridized carbons (Fsp3) is 0.273. The molecule has 6 heteroatoms. The van der Waals surface area contributed by atoms with E-state index in [0.29, 0.717) is 0 Å². The molecule has 0 spiro atoms. The van der Waals surface area contributed by atoms with Crippen LogP contribution in [0.1, 0.15) is 17.3 Å². The highest BCUT2D eigenvalue weighted by Crippen LogP contribution is 2.39. The van der Waals surface area contributed by atoms with Crippen LogP contribution in [0.5, 0.6) is 17.2 Å². The highest BCUT2D eigenvalue weighted by atomic mass is 16.7. The molecule has 0 aliphatic carbocycles. The van der Waals surface area contributed by atoms with Gasteiger partial charge in [0.2, 0.25) is 6.79 Å². The van der Waals surface area contributed by atoms with Crippen LogP contribution in [-0.4, -0.2) is 30.3 Å². The van der Waals surface area contributed by atoms with Gasteiger partial charge in [-0.25, -0.2) is 4.79 Å². The quantitative estimate of drug-likeness (QED) is 0.478. The summed E-state index contributed by atoms with van der Waals surface area (Å²) in [6, 6.07) is 2.46. The summed E-state index contributed by atoms with van der Waals surface area (Å²) < 4.78 is 14.7. The van der Waals surface area contributed by atoms with Crippen molar-refractivity contribution in [2.45, 2.75) is 6.92 Å². The first-order valence-corrected chi connectivity index (χ1v) is 4.97. The number of Topliss-reactive ketones (excluding diaryl/α,β-unsaturated/α-hetero) is 1. The maximum Gasteiger partial charge on any atom is 0.379 e. The van der Waals surface area contributed by atoms with E-state index in [-0.39, 0.29) is 36.2 Å². The van der Waals surface area contributed by atoms with Crippen molar-refractivity contribution in [2.75, 3.05) is 13.4 Å². The Labute approximate surface area is 96.7 Å². The zero-order chi connectivity index (χ0) is 12.4. The number of phenols is 1. The van der Waals surface area contributed by atoms with Crippen molar-refractivity contribution in [3.63, 3.8) is 0 Å². The molecule has 90 valence electrons. The lowest BCUT2D eigenvalue weighted by atomic mass is 10.1. The predicted octanol–water partition coefficient (Wildman–Crippen LogP) is 0.867. The zero-order valence-corrected chi connectivity index (χ0v) is 9.06. The van der Waals surface area contributed by atoms with Gasteiger partial charge in [-0.15, -0.1) is 0 Å². The van der Waals surface area contributed by atoms with E-state index in [2.05, 4.69) is 4.74 Å². The molecule has 1 aliphatic rings. The van der Waals surface area contributed by atoms with Gasteiger partial charge in [-0.1, -0.05) is 0 Å². The average molecular weight is 238 g/mol. The first kappa shape index (κ1) is 11.3. The van der Waals surface area contributed by atoms with Gasteiger partial charge in [-0.3, -0.25) is 4.79 Å². The van der Waals surface area contributed by atoms with Crippen LogP contribution < -0.4 is 9.47 Å². The Morgan fingerprint density at radius 2 is 2.18 bits per heavy atom. The van der Waals surface area contributed by atoms with E-state index in [9.17, 15) is 14.7 Å². The van der Waals surface area contributed by atoms with Crippen molar-refractivity contribution >= 4 is 11.8 Å². The average Bonchev–Trinajstić information content (AvgIpc) is 2.75. The maximum absolute atomic E-state index is 11.7. The van der Waals surface area contributed by atoms with Gasteiger partial charge in [-0.2, -0.15) is 0 Å². The lowest BCUT2D eigenvalue weighted by molar-refractivity contribution is -0.137. The van der Waals surface area contributed by atoms with E-state index in [1.165, 1.54) is 6.07 Å². The van der Waals surface area contributed by atoms with Crippen LogP contribution in [0.2, 0.25) is 0 Å². The predicted molar refractivity (Wildman–Crippen MR) is 55.2 cm³/mol. The molecule has 0 saturated carbocycles. The summed E-state index contributed by atoms with van der Waals surface area (Å²) in [6.07, 6.45) is 0. The SMILES string of the molecule is CCOC(=O)C(=O)c1cc(O)cc2c1OCO2. The number of hydrogen-bond donors (Lipinski definition) is 1. The van der Waals surface area contributed by atoms with Gasteiger partial charge in [0.15, 0.2) is 11.5 Å². The fourth-order valence-electron chi connectivity index (χ4n) is 1.47. The smallest absolute Gasteiger partial charge is 0.379 e. The Morgan fingerprint density at radius 3 is 2.88 bits per heavy atom. The monoisotopic (exact) mass is 238 g/mol. The number of ether oxygens (including phenoxy) is 3. The molecule has 1 heterocycles. The van der Waals surface area contributed by atoms with E-state index >= 15 is 0 Å². The molecule has 0 saturated heterocycles. The minimum absolute atomic E-state index is 0.0537. The second-order valence-corrected chi connectivity index (χ2v) is 3.28. The Bertz CT molecular complexity index is 479. The van der Waals surface area contributed by atoms with E-state index in [4.69, 9.17) is 9.47 Å². The van der Waals surface area contributed by atoms with Gasteiger partial charge >= 0.3 is 5.97 Å². The second-order valence-electron chi connectivity index (χ2n) is 3.28. The summed E-state index contributed by atoms with van der Waals surface area (Å²) in [5.41, 5.74) is -0.0593. The van der Waals surface area contributed by atoms with Crippen molar-refractivity contribution in [1.82, 2.24) is 0 Å². The summed E-state index contributed by atoms with van der Waals surface area (Å²) in [5, 5.41) is 9.40. The molecule has 1 aliphatic heterocycles. The molecule has 1 aromatic rings. The molecule has 0 radical (unpaired) electrons. The minimum Gasteiger partial charge on any atom is -0.508 e. The summed E-state index contributed by atoms with van der Waals surface area (Å²) in [6.45, 7) is 1.64. The number of fused-ring (bicyclic) bond motifs is 1. The molecule has 2 rings (SSSR count). The van der Waals surface area contributed by atoms with Crippen LogP contribution in [0.25, 0.3) is 0 Å². The van der Waals surface area contributed by atoms with Crippen LogP contribution in [0, 0.1) is 0 Å². The molecule has 0 fully saturated rings. The van der Waals surface area contributed by atoms with E-state index in [1.807, 2.05) is 0 Å². The molecule has 0 aromatic heterocycles. The number of rotatable bonds is 3. The number of carbonyl (C=O) groups is 2.